The van der Waals surface area contributed by atoms with Crippen molar-refractivity contribution in [2.24, 2.45) is 0 Å². The number of nitrogens with zero attached hydrogens (tertiary/aromatic N) is 1. The van der Waals surface area contributed by atoms with E-state index in [0.29, 0.717) is 13.1 Å². The van der Waals surface area contributed by atoms with Gasteiger partial charge in [0.25, 0.3) is 5.69 Å². The first-order chi connectivity index (χ1) is 10.2. The van der Waals surface area contributed by atoms with E-state index in [4.69, 9.17) is 9.47 Å². The second-order valence-electron chi connectivity index (χ2n) is 4.68. The Morgan fingerprint density at radius 1 is 1.14 bits per heavy atom. The maximum atomic E-state index is 10.7. The largest absolute Gasteiger partial charge is 0.454 e. The average Bonchev–Trinajstić information content (AvgIpc) is 2.97. The third-order valence-electron chi connectivity index (χ3n) is 3.24. The number of rotatable bonds is 5. The van der Waals surface area contributed by atoms with Crippen molar-refractivity contribution in [1.82, 2.24) is 5.32 Å². The predicted octanol–water partition coefficient (Wildman–Crippen LogP) is 2.61. The first-order valence-corrected chi connectivity index (χ1v) is 6.55. The summed E-state index contributed by atoms with van der Waals surface area (Å²) in [6, 6.07) is 12.3. The molecule has 108 valence electrons. The zero-order chi connectivity index (χ0) is 14.7. The van der Waals surface area contributed by atoms with Gasteiger partial charge < -0.3 is 14.8 Å². The fraction of sp³-hybridized carbons (Fsp3) is 0.200. The molecule has 0 atom stereocenters. The Kier molecular flexibility index (Phi) is 3.70. The molecule has 1 heterocycles. The predicted molar refractivity (Wildman–Crippen MR) is 76.2 cm³/mol. The second-order valence-corrected chi connectivity index (χ2v) is 4.68. The number of fused-ring (bicyclic) bond motifs is 1. The summed E-state index contributed by atoms with van der Waals surface area (Å²) in [7, 11) is 0. The lowest BCUT2D eigenvalue weighted by Gasteiger charge is -2.07. The van der Waals surface area contributed by atoms with Crippen LogP contribution < -0.4 is 14.8 Å². The number of benzene rings is 2. The molecule has 0 aliphatic carbocycles. The van der Waals surface area contributed by atoms with Crippen LogP contribution in [-0.2, 0) is 13.1 Å². The van der Waals surface area contributed by atoms with Crippen LogP contribution in [0.2, 0.25) is 0 Å². The number of non-ortho nitro benzene ring substituents is 1. The van der Waals surface area contributed by atoms with Gasteiger partial charge in [-0.2, -0.15) is 0 Å². The van der Waals surface area contributed by atoms with Crippen molar-refractivity contribution in [3.05, 3.63) is 63.7 Å². The van der Waals surface area contributed by atoms with E-state index in [1.807, 2.05) is 24.3 Å². The molecule has 1 N–H and O–H groups in total. The number of nitro benzene ring substituents is 1. The summed E-state index contributed by atoms with van der Waals surface area (Å²) in [4.78, 5) is 10.3. The van der Waals surface area contributed by atoms with Crippen molar-refractivity contribution in [3.63, 3.8) is 0 Å². The van der Waals surface area contributed by atoms with Crippen LogP contribution in [0.25, 0.3) is 0 Å². The van der Waals surface area contributed by atoms with E-state index in [-0.39, 0.29) is 12.5 Å². The summed E-state index contributed by atoms with van der Waals surface area (Å²) >= 11 is 0. The molecule has 1 aliphatic heterocycles. The van der Waals surface area contributed by atoms with E-state index >= 15 is 0 Å². The van der Waals surface area contributed by atoms with Gasteiger partial charge in [0.1, 0.15) is 0 Å². The van der Waals surface area contributed by atoms with Crippen molar-refractivity contribution in [2.45, 2.75) is 13.1 Å². The Morgan fingerprint density at radius 2 is 2.00 bits per heavy atom. The second kappa shape index (κ2) is 5.80. The molecule has 6 heteroatoms. The molecule has 0 saturated carbocycles. The Morgan fingerprint density at radius 3 is 2.86 bits per heavy atom. The molecule has 0 saturated heterocycles. The molecule has 0 aromatic heterocycles. The molecule has 0 bridgehead atoms. The molecule has 3 rings (SSSR count). The van der Waals surface area contributed by atoms with Crippen LogP contribution in [-0.4, -0.2) is 11.7 Å². The smallest absolute Gasteiger partial charge is 0.269 e. The fourth-order valence-electron chi connectivity index (χ4n) is 2.25. The molecule has 6 nitrogen and oxygen atoms in total. The summed E-state index contributed by atoms with van der Waals surface area (Å²) in [6.07, 6.45) is 0. The maximum Gasteiger partial charge on any atom is 0.269 e. The summed E-state index contributed by atoms with van der Waals surface area (Å²) < 4.78 is 10.8. The van der Waals surface area contributed by atoms with Crippen molar-refractivity contribution in [3.8, 4) is 11.5 Å². The number of hydrogen-bond donors (Lipinski definition) is 1. The van der Waals surface area contributed by atoms with E-state index in [1.165, 1.54) is 6.07 Å². The molecule has 0 spiro atoms. The van der Waals surface area contributed by atoms with Gasteiger partial charge in [-0.1, -0.05) is 24.3 Å². The minimum absolute atomic E-state index is 0.103. The lowest BCUT2D eigenvalue weighted by molar-refractivity contribution is -0.384. The van der Waals surface area contributed by atoms with Crippen molar-refractivity contribution in [2.75, 3.05) is 6.79 Å². The van der Waals surface area contributed by atoms with Crippen molar-refractivity contribution in [1.29, 1.82) is 0 Å². The SMILES string of the molecule is O=[N+]([O-])c1cccc(CNCc2cccc3c2OCO3)c1. The third kappa shape index (κ3) is 2.95. The summed E-state index contributed by atoms with van der Waals surface area (Å²) in [6.45, 7) is 1.40. The first-order valence-electron chi connectivity index (χ1n) is 6.55. The Balaban J connectivity index is 1.63. The Bertz CT molecular complexity index is 672. The topological polar surface area (TPSA) is 73.6 Å². The standard InChI is InChI=1S/C15H14N2O4/c18-17(19)13-5-1-3-11(7-13)8-16-9-12-4-2-6-14-15(12)21-10-20-14/h1-7,16H,8-10H2. The van der Waals surface area contributed by atoms with Crippen LogP contribution in [0.15, 0.2) is 42.5 Å². The van der Waals surface area contributed by atoms with E-state index in [0.717, 1.165) is 22.6 Å². The molecule has 1 aliphatic rings. The average molecular weight is 286 g/mol. The third-order valence-corrected chi connectivity index (χ3v) is 3.24. The number of hydrogen-bond acceptors (Lipinski definition) is 5. The molecule has 0 fully saturated rings. The summed E-state index contributed by atoms with van der Waals surface area (Å²) in [5.74, 6) is 1.52. The minimum Gasteiger partial charge on any atom is -0.454 e. The van der Waals surface area contributed by atoms with Gasteiger partial charge >= 0.3 is 0 Å². The zero-order valence-corrected chi connectivity index (χ0v) is 11.2. The zero-order valence-electron chi connectivity index (χ0n) is 11.2. The molecular formula is C15H14N2O4. The highest BCUT2D eigenvalue weighted by atomic mass is 16.7. The molecule has 21 heavy (non-hydrogen) atoms. The van der Waals surface area contributed by atoms with Gasteiger partial charge in [-0.25, -0.2) is 0 Å². The van der Waals surface area contributed by atoms with E-state index < -0.39 is 4.92 Å². The fourth-order valence-corrected chi connectivity index (χ4v) is 2.25. The lowest BCUT2D eigenvalue weighted by Crippen LogP contribution is -2.13. The minimum atomic E-state index is -0.390. The van der Waals surface area contributed by atoms with Crippen LogP contribution in [0.4, 0.5) is 5.69 Å². The van der Waals surface area contributed by atoms with Crippen LogP contribution in [0.5, 0.6) is 11.5 Å². The summed E-state index contributed by atoms with van der Waals surface area (Å²) in [5, 5.41) is 14.0. The van der Waals surface area contributed by atoms with Crippen LogP contribution in [0.1, 0.15) is 11.1 Å². The van der Waals surface area contributed by atoms with Gasteiger partial charge in [-0.05, 0) is 11.6 Å². The van der Waals surface area contributed by atoms with Crippen LogP contribution in [0, 0.1) is 10.1 Å². The van der Waals surface area contributed by atoms with Gasteiger partial charge in [0.15, 0.2) is 11.5 Å². The van der Waals surface area contributed by atoms with Gasteiger partial charge in [0.05, 0.1) is 4.92 Å². The number of para-hydroxylation sites is 1. The molecule has 2 aromatic carbocycles. The monoisotopic (exact) mass is 286 g/mol. The molecule has 0 unspecified atom stereocenters. The highest BCUT2D eigenvalue weighted by Gasteiger charge is 2.16. The van der Waals surface area contributed by atoms with Gasteiger partial charge in [-0.3, -0.25) is 10.1 Å². The Hall–Kier alpha value is -2.60. The Labute approximate surface area is 121 Å². The summed E-state index contributed by atoms with van der Waals surface area (Å²) in [5.41, 5.74) is 1.98. The first kappa shape index (κ1) is 13.4. The lowest BCUT2D eigenvalue weighted by atomic mass is 10.1. The van der Waals surface area contributed by atoms with Crippen molar-refractivity contribution >= 4 is 5.69 Å². The molecule has 0 amide bonds. The van der Waals surface area contributed by atoms with Crippen LogP contribution in [0.3, 0.4) is 0 Å². The van der Waals surface area contributed by atoms with Gasteiger partial charge in [0, 0.05) is 30.8 Å². The van der Waals surface area contributed by atoms with Crippen molar-refractivity contribution < 1.29 is 14.4 Å². The normalized spacial score (nSPS) is 12.4. The van der Waals surface area contributed by atoms with E-state index in [1.54, 1.807) is 12.1 Å². The number of ether oxygens (including phenoxy) is 2. The van der Waals surface area contributed by atoms with Gasteiger partial charge in [0.2, 0.25) is 6.79 Å². The highest BCUT2D eigenvalue weighted by molar-refractivity contribution is 5.48. The molecular weight excluding hydrogens is 272 g/mol. The number of nitrogens with one attached hydrogen (secondary N) is 1. The quantitative estimate of drug-likeness (QED) is 0.675. The van der Waals surface area contributed by atoms with Crippen LogP contribution >= 0.6 is 0 Å². The molecule has 2 aromatic rings. The van der Waals surface area contributed by atoms with E-state index in [2.05, 4.69) is 5.32 Å². The maximum absolute atomic E-state index is 10.7. The highest BCUT2D eigenvalue weighted by Crippen LogP contribution is 2.35. The van der Waals surface area contributed by atoms with E-state index in [9.17, 15) is 10.1 Å². The molecule has 0 radical (unpaired) electrons. The number of nitro groups is 1. The van der Waals surface area contributed by atoms with Gasteiger partial charge in [-0.15, -0.1) is 0 Å².